The van der Waals surface area contributed by atoms with Gasteiger partial charge in [0.15, 0.2) is 0 Å². The number of rotatable bonds is 13. The second-order valence-electron chi connectivity index (χ2n) is 6.25. The maximum Gasteiger partial charge on any atom is 0.243 e. The minimum absolute atomic E-state index is 0.0370. The van der Waals surface area contributed by atoms with E-state index in [2.05, 4.69) is 25.7 Å². The van der Waals surface area contributed by atoms with E-state index in [0.717, 1.165) is 43.4 Å². The second kappa shape index (κ2) is 10.8. The van der Waals surface area contributed by atoms with E-state index in [9.17, 15) is 17.8 Å². The monoisotopic (exact) mass is 348 g/mol. The van der Waals surface area contributed by atoms with Crippen LogP contribution in [0.2, 0.25) is 0 Å². The summed E-state index contributed by atoms with van der Waals surface area (Å²) in [5.74, 6) is -0.484. The zero-order valence-electron chi connectivity index (χ0n) is 14.7. The predicted octanol–water partition coefficient (Wildman–Crippen LogP) is 1.64. The molecule has 0 bridgehead atoms. The van der Waals surface area contributed by atoms with Gasteiger partial charge in [-0.05, 0) is 25.8 Å². The van der Waals surface area contributed by atoms with Gasteiger partial charge in [0, 0.05) is 24.6 Å². The number of quaternary nitrogens is 1. The third-order valence-corrected chi connectivity index (χ3v) is 4.82. The van der Waals surface area contributed by atoms with Crippen LogP contribution in [0.4, 0.5) is 0 Å². The van der Waals surface area contributed by atoms with E-state index < -0.39 is 10.1 Å². The zero-order chi connectivity index (χ0) is 17.9. The molecule has 0 aromatic rings. The molecule has 7 heteroatoms. The summed E-state index contributed by atoms with van der Waals surface area (Å²) in [5, 5.41) is 2.85. The second-order valence-corrected chi connectivity index (χ2v) is 7.78. The van der Waals surface area contributed by atoms with E-state index >= 15 is 0 Å². The fraction of sp³-hybridized carbons (Fsp3) is 0.812. The number of amides is 1. The van der Waals surface area contributed by atoms with E-state index in [4.69, 9.17) is 0 Å². The molecule has 0 aliphatic carbocycles. The van der Waals surface area contributed by atoms with E-state index in [1.807, 2.05) is 6.92 Å². The molecule has 0 rings (SSSR count). The quantitative estimate of drug-likeness (QED) is 0.311. The SMILES string of the molecule is C=CC(=O)NC(C)CC[N+](CCC)(CCC)CCCS(=O)(=O)[O-]. The number of hydrogen-bond acceptors (Lipinski definition) is 4. The van der Waals surface area contributed by atoms with Crippen LogP contribution in [-0.2, 0) is 14.9 Å². The first-order valence-corrected chi connectivity index (χ1v) is 9.97. The predicted molar refractivity (Wildman–Crippen MR) is 91.9 cm³/mol. The van der Waals surface area contributed by atoms with Gasteiger partial charge in [-0.2, -0.15) is 0 Å². The summed E-state index contributed by atoms with van der Waals surface area (Å²) in [7, 11) is -4.16. The molecule has 6 nitrogen and oxygen atoms in total. The van der Waals surface area contributed by atoms with Crippen molar-refractivity contribution in [1.82, 2.24) is 5.32 Å². The molecule has 1 atom stereocenters. The van der Waals surface area contributed by atoms with Gasteiger partial charge in [0.25, 0.3) is 0 Å². The average molecular weight is 349 g/mol. The Balaban J connectivity index is 4.75. The Morgan fingerprint density at radius 1 is 1.22 bits per heavy atom. The van der Waals surface area contributed by atoms with Crippen LogP contribution in [-0.4, -0.2) is 61.3 Å². The lowest BCUT2D eigenvalue weighted by molar-refractivity contribution is -0.928. The molecule has 1 amide bonds. The Labute approximate surface area is 141 Å². The van der Waals surface area contributed by atoms with Crippen molar-refractivity contribution < 1.29 is 22.2 Å². The van der Waals surface area contributed by atoms with Crippen LogP contribution in [0.1, 0.15) is 46.5 Å². The highest BCUT2D eigenvalue weighted by Gasteiger charge is 2.26. The van der Waals surface area contributed by atoms with Gasteiger partial charge in [-0.25, -0.2) is 8.42 Å². The first-order chi connectivity index (χ1) is 10.7. The van der Waals surface area contributed by atoms with Crippen molar-refractivity contribution in [2.24, 2.45) is 0 Å². The topological polar surface area (TPSA) is 86.3 Å². The Kier molecular flexibility index (Phi) is 10.3. The molecule has 1 N–H and O–H groups in total. The van der Waals surface area contributed by atoms with Crippen LogP contribution in [0.5, 0.6) is 0 Å². The van der Waals surface area contributed by atoms with E-state index in [1.165, 1.54) is 6.08 Å². The van der Waals surface area contributed by atoms with Crippen LogP contribution in [0.15, 0.2) is 12.7 Å². The molecule has 0 spiro atoms. The van der Waals surface area contributed by atoms with Crippen molar-refractivity contribution in [3.63, 3.8) is 0 Å². The first kappa shape index (κ1) is 22.1. The minimum Gasteiger partial charge on any atom is -0.748 e. The Morgan fingerprint density at radius 3 is 2.22 bits per heavy atom. The fourth-order valence-electron chi connectivity index (χ4n) is 3.04. The Bertz CT molecular complexity index is 457. The van der Waals surface area contributed by atoms with Gasteiger partial charge < -0.3 is 14.4 Å². The fourth-order valence-corrected chi connectivity index (χ4v) is 3.52. The van der Waals surface area contributed by atoms with Crippen molar-refractivity contribution in [2.75, 3.05) is 31.9 Å². The number of carbonyl (C=O) groups excluding carboxylic acids is 1. The molecule has 0 fully saturated rings. The highest BCUT2D eigenvalue weighted by molar-refractivity contribution is 7.85. The summed E-state index contributed by atoms with van der Waals surface area (Å²) >= 11 is 0. The first-order valence-electron chi connectivity index (χ1n) is 8.39. The molecule has 0 heterocycles. The van der Waals surface area contributed by atoms with Crippen LogP contribution >= 0.6 is 0 Å². The Hall–Kier alpha value is -0.920. The lowest BCUT2D eigenvalue weighted by Gasteiger charge is -2.39. The van der Waals surface area contributed by atoms with Crippen molar-refractivity contribution in [3.05, 3.63) is 12.7 Å². The summed E-state index contributed by atoms with van der Waals surface area (Å²) in [6.45, 7) is 13.1. The van der Waals surface area contributed by atoms with E-state index in [0.29, 0.717) is 13.0 Å². The van der Waals surface area contributed by atoms with Crippen molar-refractivity contribution in [1.29, 1.82) is 0 Å². The third-order valence-electron chi connectivity index (χ3n) is 4.03. The summed E-state index contributed by atoms with van der Waals surface area (Å²) in [6, 6.07) is 0.0370. The van der Waals surface area contributed by atoms with Gasteiger partial charge in [0.05, 0.1) is 36.3 Å². The molecule has 1 unspecified atom stereocenters. The molecule has 136 valence electrons. The third kappa shape index (κ3) is 10.5. The van der Waals surface area contributed by atoms with Crippen LogP contribution in [0.25, 0.3) is 0 Å². The number of nitrogens with zero attached hydrogens (tertiary/aromatic N) is 1. The minimum atomic E-state index is -4.16. The summed E-state index contributed by atoms with van der Waals surface area (Å²) in [4.78, 5) is 11.3. The molecule has 0 saturated heterocycles. The van der Waals surface area contributed by atoms with Gasteiger partial charge in [-0.3, -0.25) is 4.79 Å². The average Bonchev–Trinajstić information content (AvgIpc) is 2.44. The molecule has 0 aromatic carbocycles. The molecule has 23 heavy (non-hydrogen) atoms. The van der Waals surface area contributed by atoms with Gasteiger partial charge in [-0.1, -0.05) is 20.4 Å². The molecule has 0 aliphatic rings. The normalized spacial score (nSPS) is 13.6. The smallest absolute Gasteiger partial charge is 0.243 e. The molecule has 0 aromatic heterocycles. The largest absolute Gasteiger partial charge is 0.748 e. The summed E-state index contributed by atoms with van der Waals surface area (Å²) in [5.41, 5.74) is 0. The highest BCUT2D eigenvalue weighted by atomic mass is 32.2. The molecular weight excluding hydrogens is 316 g/mol. The Morgan fingerprint density at radius 2 is 1.78 bits per heavy atom. The molecule has 0 radical (unpaired) electrons. The standard InChI is InChI=1S/C16H32N2O4S/c1-5-10-18(11-6-2,12-8-14-23(20,21)22)13-9-15(4)17-16(19)7-3/h7,15H,3,5-6,8-14H2,1-2,4H3,(H-,17,19,20,21,22). The number of carbonyl (C=O) groups is 1. The summed E-state index contributed by atoms with van der Waals surface area (Å²) in [6.07, 6.45) is 4.45. The summed E-state index contributed by atoms with van der Waals surface area (Å²) < 4.78 is 33.3. The maximum atomic E-state index is 11.3. The van der Waals surface area contributed by atoms with Crippen LogP contribution < -0.4 is 5.32 Å². The molecule has 0 aliphatic heterocycles. The molecule has 0 saturated carbocycles. The van der Waals surface area contributed by atoms with Crippen molar-refractivity contribution >= 4 is 16.0 Å². The number of hydrogen-bond donors (Lipinski definition) is 1. The molecular formula is C16H32N2O4S. The van der Waals surface area contributed by atoms with E-state index in [-0.39, 0.29) is 17.7 Å². The van der Waals surface area contributed by atoms with Gasteiger partial charge in [-0.15, -0.1) is 0 Å². The lowest BCUT2D eigenvalue weighted by atomic mass is 10.1. The van der Waals surface area contributed by atoms with Crippen molar-refractivity contribution in [3.8, 4) is 0 Å². The highest BCUT2D eigenvalue weighted by Crippen LogP contribution is 2.14. The lowest BCUT2D eigenvalue weighted by Crippen LogP contribution is -2.52. The zero-order valence-corrected chi connectivity index (χ0v) is 15.5. The maximum absolute atomic E-state index is 11.3. The van der Waals surface area contributed by atoms with Gasteiger partial charge in [0.1, 0.15) is 0 Å². The van der Waals surface area contributed by atoms with Gasteiger partial charge in [0.2, 0.25) is 5.91 Å². The van der Waals surface area contributed by atoms with Crippen molar-refractivity contribution in [2.45, 2.75) is 52.5 Å². The van der Waals surface area contributed by atoms with E-state index in [1.54, 1.807) is 0 Å². The number of nitrogens with one attached hydrogen (secondary N) is 1. The van der Waals surface area contributed by atoms with Crippen LogP contribution in [0.3, 0.4) is 0 Å². The van der Waals surface area contributed by atoms with Gasteiger partial charge >= 0.3 is 0 Å². The van der Waals surface area contributed by atoms with Crippen LogP contribution in [0, 0.1) is 0 Å².